The van der Waals surface area contributed by atoms with Crippen molar-refractivity contribution < 1.29 is 9.90 Å². The zero-order valence-electron chi connectivity index (χ0n) is 11.4. The smallest absolute Gasteiger partial charge is 0.254 e. The molecule has 0 saturated heterocycles. The van der Waals surface area contributed by atoms with E-state index in [0.717, 1.165) is 0 Å². The van der Waals surface area contributed by atoms with Crippen LogP contribution in [-0.2, 0) is 0 Å². The average molecular weight is 323 g/mol. The Morgan fingerprint density at radius 2 is 2.24 bits per heavy atom. The van der Waals surface area contributed by atoms with Crippen molar-refractivity contribution in [2.45, 2.75) is 11.1 Å². The summed E-state index contributed by atoms with van der Waals surface area (Å²) in [6, 6.07) is 10.4. The Bertz CT molecular complexity index is 637. The number of thioether (sulfide) groups is 1. The van der Waals surface area contributed by atoms with Crippen molar-refractivity contribution in [3.63, 3.8) is 0 Å². The zero-order valence-corrected chi connectivity index (χ0v) is 13.0. The third kappa shape index (κ3) is 4.20. The number of pyridine rings is 1. The fraction of sp³-hybridized carbons (Fsp3) is 0.200. The predicted octanol–water partition coefficient (Wildman–Crippen LogP) is 2.92. The zero-order chi connectivity index (χ0) is 15.2. The molecule has 1 aromatic carbocycles. The standard InChI is InChI=1S/C15H15ClN2O2S/c1-21-15-12(6-3-7-17-15)14(20)18-9-13(19)10-4-2-5-11(16)8-10/h2-8,13,19H,9H2,1H3,(H,18,20). The van der Waals surface area contributed by atoms with Gasteiger partial charge in [0.05, 0.1) is 11.7 Å². The first kappa shape index (κ1) is 15.8. The second-order valence-electron chi connectivity index (χ2n) is 4.34. The first-order valence-electron chi connectivity index (χ1n) is 6.32. The summed E-state index contributed by atoms with van der Waals surface area (Å²) in [5.74, 6) is -0.256. The molecule has 2 aromatic rings. The summed E-state index contributed by atoms with van der Waals surface area (Å²) in [6.45, 7) is 0.113. The van der Waals surface area contributed by atoms with Crippen LogP contribution in [0.15, 0.2) is 47.6 Å². The van der Waals surface area contributed by atoms with E-state index in [-0.39, 0.29) is 12.5 Å². The molecule has 4 nitrogen and oxygen atoms in total. The number of aliphatic hydroxyl groups excluding tert-OH is 1. The minimum atomic E-state index is -0.804. The summed E-state index contributed by atoms with van der Waals surface area (Å²) in [5, 5.41) is 14.0. The fourth-order valence-corrected chi connectivity index (χ4v) is 2.59. The molecule has 2 rings (SSSR count). The number of amides is 1. The maximum Gasteiger partial charge on any atom is 0.254 e. The molecule has 2 N–H and O–H groups in total. The Morgan fingerprint density at radius 3 is 2.95 bits per heavy atom. The lowest BCUT2D eigenvalue weighted by atomic mass is 10.1. The molecular weight excluding hydrogens is 308 g/mol. The van der Waals surface area contributed by atoms with Gasteiger partial charge in [-0.2, -0.15) is 0 Å². The highest BCUT2D eigenvalue weighted by atomic mass is 35.5. The molecule has 0 aliphatic carbocycles. The van der Waals surface area contributed by atoms with E-state index < -0.39 is 6.10 Å². The second kappa shape index (κ2) is 7.45. The van der Waals surface area contributed by atoms with Crippen LogP contribution in [0.3, 0.4) is 0 Å². The molecule has 1 heterocycles. The average Bonchev–Trinajstić information content (AvgIpc) is 2.52. The lowest BCUT2D eigenvalue weighted by molar-refractivity contribution is 0.0912. The van der Waals surface area contributed by atoms with Crippen LogP contribution in [-0.4, -0.2) is 28.8 Å². The molecule has 1 unspecified atom stereocenters. The first-order chi connectivity index (χ1) is 10.1. The topological polar surface area (TPSA) is 62.2 Å². The van der Waals surface area contributed by atoms with E-state index >= 15 is 0 Å². The van der Waals surface area contributed by atoms with Crippen LogP contribution in [0.5, 0.6) is 0 Å². The van der Waals surface area contributed by atoms with Gasteiger partial charge in [-0.05, 0) is 36.1 Å². The van der Waals surface area contributed by atoms with Gasteiger partial charge >= 0.3 is 0 Å². The molecule has 1 amide bonds. The molecule has 0 aliphatic rings. The van der Waals surface area contributed by atoms with Crippen molar-refractivity contribution in [3.8, 4) is 0 Å². The number of aromatic nitrogens is 1. The van der Waals surface area contributed by atoms with Gasteiger partial charge in [0.15, 0.2) is 0 Å². The highest BCUT2D eigenvalue weighted by Crippen LogP contribution is 2.19. The van der Waals surface area contributed by atoms with E-state index in [1.807, 2.05) is 6.26 Å². The lowest BCUT2D eigenvalue weighted by Crippen LogP contribution is -2.28. The molecule has 1 atom stereocenters. The van der Waals surface area contributed by atoms with Crippen molar-refractivity contribution in [1.82, 2.24) is 10.3 Å². The number of hydrogen-bond acceptors (Lipinski definition) is 4. The summed E-state index contributed by atoms with van der Waals surface area (Å²) in [6.07, 6.45) is 2.70. The van der Waals surface area contributed by atoms with Crippen molar-refractivity contribution in [1.29, 1.82) is 0 Å². The minimum Gasteiger partial charge on any atom is -0.387 e. The largest absolute Gasteiger partial charge is 0.387 e. The van der Waals surface area contributed by atoms with Crippen LogP contribution in [0.4, 0.5) is 0 Å². The van der Waals surface area contributed by atoms with Gasteiger partial charge in [0, 0.05) is 17.8 Å². The number of hydrogen-bond donors (Lipinski definition) is 2. The van der Waals surface area contributed by atoms with Crippen LogP contribution in [0.25, 0.3) is 0 Å². The van der Waals surface area contributed by atoms with Crippen LogP contribution in [0, 0.1) is 0 Å². The number of carbonyl (C=O) groups is 1. The molecule has 1 aromatic heterocycles. The van der Waals surface area contributed by atoms with Gasteiger partial charge in [-0.15, -0.1) is 11.8 Å². The summed E-state index contributed by atoms with van der Waals surface area (Å²) in [7, 11) is 0. The number of rotatable bonds is 5. The third-order valence-corrected chi connectivity index (χ3v) is 3.85. The maximum atomic E-state index is 12.1. The molecular formula is C15H15ClN2O2S. The summed E-state index contributed by atoms with van der Waals surface area (Å²) < 4.78 is 0. The molecule has 0 radical (unpaired) electrons. The quantitative estimate of drug-likeness (QED) is 0.831. The fourth-order valence-electron chi connectivity index (χ4n) is 1.84. The molecule has 110 valence electrons. The number of benzene rings is 1. The van der Waals surface area contributed by atoms with Crippen LogP contribution in [0.1, 0.15) is 22.0 Å². The lowest BCUT2D eigenvalue weighted by Gasteiger charge is -2.13. The van der Waals surface area contributed by atoms with Crippen molar-refractivity contribution in [2.75, 3.05) is 12.8 Å². The second-order valence-corrected chi connectivity index (χ2v) is 5.57. The molecule has 0 bridgehead atoms. The van der Waals surface area contributed by atoms with E-state index in [0.29, 0.717) is 21.2 Å². The Kier molecular flexibility index (Phi) is 5.61. The molecule has 0 spiro atoms. The minimum absolute atomic E-state index is 0.113. The molecule has 21 heavy (non-hydrogen) atoms. The number of carbonyl (C=O) groups excluding carboxylic acids is 1. The summed E-state index contributed by atoms with van der Waals surface area (Å²) in [5.41, 5.74) is 1.17. The number of halogens is 1. The molecule has 0 fully saturated rings. The third-order valence-electron chi connectivity index (χ3n) is 2.90. The van der Waals surface area contributed by atoms with Crippen LogP contribution < -0.4 is 5.32 Å². The van der Waals surface area contributed by atoms with E-state index in [1.165, 1.54) is 11.8 Å². The number of nitrogens with one attached hydrogen (secondary N) is 1. The first-order valence-corrected chi connectivity index (χ1v) is 7.93. The number of nitrogens with zero attached hydrogens (tertiary/aromatic N) is 1. The van der Waals surface area contributed by atoms with Gasteiger partial charge < -0.3 is 10.4 Å². The van der Waals surface area contributed by atoms with E-state index in [4.69, 9.17) is 11.6 Å². The summed E-state index contributed by atoms with van der Waals surface area (Å²) in [4.78, 5) is 16.3. The Hall–Kier alpha value is -1.56. The van der Waals surface area contributed by atoms with Crippen molar-refractivity contribution in [3.05, 3.63) is 58.7 Å². The van der Waals surface area contributed by atoms with Crippen molar-refractivity contribution in [2.24, 2.45) is 0 Å². The Morgan fingerprint density at radius 1 is 1.43 bits per heavy atom. The monoisotopic (exact) mass is 322 g/mol. The van der Waals surface area contributed by atoms with Crippen LogP contribution in [0.2, 0.25) is 5.02 Å². The Labute approximate surface area is 132 Å². The SMILES string of the molecule is CSc1ncccc1C(=O)NCC(O)c1cccc(Cl)c1. The normalized spacial score (nSPS) is 12.0. The van der Waals surface area contributed by atoms with Gasteiger partial charge in [0.2, 0.25) is 0 Å². The van der Waals surface area contributed by atoms with Gasteiger partial charge in [-0.3, -0.25) is 4.79 Å². The highest BCUT2D eigenvalue weighted by molar-refractivity contribution is 7.98. The number of aliphatic hydroxyl groups is 1. The molecule has 0 aliphatic heterocycles. The van der Waals surface area contributed by atoms with E-state index in [2.05, 4.69) is 10.3 Å². The van der Waals surface area contributed by atoms with E-state index in [1.54, 1.807) is 42.6 Å². The van der Waals surface area contributed by atoms with Gasteiger partial charge in [0.1, 0.15) is 5.03 Å². The Balaban J connectivity index is 2.01. The van der Waals surface area contributed by atoms with Gasteiger partial charge in [0.25, 0.3) is 5.91 Å². The van der Waals surface area contributed by atoms with Crippen molar-refractivity contribution >= 4 is 29.3 Å². The van der Waals surface area contributed by atoms with Gasteiger partial charge in [-0.1, -0.05) is 23.7 Å². The van der Waals surface area contributed by atoms with Gasteiger partial charge in [-0.25, -0.2) is 4.98 Å². The predicted molar refractivity (Wildman–Crippen MR) is 84.8 cm³/mol. The molecule has 6 heteroatoms. The maximum absolute atomic E-state index is 12.1. The van der Waals surface area contributed by atoms with Crippen LogP contribution >= 0.6 is 23.4 Å². The summed E-state index contributed by atoms with van der Waals surface area (Å²) >= 11 is 7.28. The van der Waals surface area contributed by atoms with E-state index in [9.17, 15) is 9.90 Å². The molecule has 0 saturated carbocycles. The highest BCUT2D eigenvalue weighted by Gasteiger charge is 2.14.